The van der Waals surface area contributed by atoms with E-state index in [0.29, 0.717) is 18.0 Å². The van der Waals surface area contributed by atoms with Gasteiger partial charge in [0.05, 0.1) is 25.0 Å². The van der Waals surface area contributed by atoms with Gasteiger partial charge in [0.15, 0.2) is 23.8 Å². The molecule has 0 atom stereocenters. The molecule has 0 aliphatic carbocycles. The second-order valence-corrected chi connectivity index (χ2v) is 4.77. The summed E-state index contributed by atoms with van der Waals surface area (Å²) in [7, 11) is 1.48. The summed E-state index contributed by atoms with van der Waals surface area (Å²) in [6.45, 7) is 0.0616. The zero-order valence-corrected chi connectivity index (χ0v) is 12.6. The molecule has 2 rings (SSSR count). The Bertz CT molecular complexity index is 660. The molecule has 1 aromatic carbocycles. The molecule has 22 heavy (non-hydrogen) atoms. The number of aromatic nitrogens is 2. The van der Waals surface area contributed by atoms with Crippen LogP contribution >= 0.6 is 11.7 Å². The number of ether oxygens (including phenoxy) is 2. The van der Waals surface area contributed by atoms with E-state index in [1.165, 1.54) is 13.3 Å². The van der Waals surface area contributed by atoms with Crippen molar-refractivity contribution in [3.05, 3.63) is 35.7 Å². The molecule has 0 radical (unpaired) electrons. The van der Waals surface area contributed by atoms with Gasteiger partial charge in [0.25, 0.3) is 11.8 Å². The van der Waals surface area contributed by atoms with Gasteiger partial charge in [-0.25, -0.2) is 0 Å². The number of nitrogens with one attached hydrogen (secondary N) is 1. The Balaban J connectivity index is 2.00. The van der Waals surface area contributed by atoms with Crippen LogP contribution in [0.2, 0.25) is 0 Å². The van der Waals surface area contributed by atoms with E-state index < -0.39 is 5.91 Å². The highest BCUT2D eigenvalue weighted by Gasteiger charge is 2.10. The smallest absolute Gasteiger partial charge is 0.272 e. The highest BCUT2D eigenvalue weighted by atomic mass is 32.1. The normalized spacial score (nSPS) is 10.0. The topological polar surface area (TPSA) is 116 Å². The Morgan fingerprint density at radius 1 is 1.36 bits per heavy atom. The summed E-state index contributed by atoms with van der Waals surface area (Å²) in [5.74, 6) is -0.0274. The van der Waals surface area contributed by atoms with Crippen LogP contribution in [0.3, 0.4) is 0 Å². The number of rotatable bonds is 7. The number of hydrogen-bond donors (Lipinski definition) is 2. The number of benzene rings is 1. The minimum Gasteiger partial charge on any atom is -0.493 e. The van der Waals surface area contributed by atoms with Crippen molar-refractivity contribution >= 4 is 23.5 Å². The van der Waals surface area contributed by atoms with E-state index in [1.54, 1.807) is 18.2 Å². The predicted octanol–water partition coefficient (Wildman–Crippen LogP) is 0.341. The number of carbonyl (C=O) groups is 2. The van der Waals surface area contributed by atoms with E-state index in [-0.39, 0.29) is 18.2 Å². The van der Waals surface area contributed by atoms with Gasteiger partial charge in [-0.1, -0.05) is 6.07 Å². The molecule has 0 unspecified atom stereocenters. The van der Waals surface area contributed by atoms with Crippen LogP contribution in [0.5, 0.6) is 11.5 Å². The van der Waals surface area contributed by atoms with Gasteiger partial charge in [-0.15, -0.1) is 0 Å². The molecule has 2 amide bonds. The molecule has 0 spiro atoms. The lowest BCUT2D eigenvalue weighted by Gasteiger charge is -2.11. The summed E-state index contributed by atoms with van der Waals surface area (Å²) in [5, 5.41) is 2.72. The van der Waals surface area contributed by atoms with Crippen LogP contribution in [0.15, 0.2) is 24.4 Å². The number of methoxy groups -OCH3 is 1. The molecule has 0 saturated heterocycles. The number of hydrogen-bond acceptors (Lipinski definition) is 7. The van der Waals surface area contributed by atoms with Gasteiger partial charge in [-0.05, 0) is 17.7 Å². The lowest BCUT2D eigenvalue weighted by Crippen LogP contribution is -2.23. The Hall–Kier alpha value is -2.68. The second kappa shape index (κ2) is 7.36. The fraction of sp³-hybridized carbons (Fsp3) is 0.231. The third-order valence-corrected chi connectivity index (χ3v) is 3.12. The van der Waals surface area contributed by atoms with Crippen LogP contribution in [0.1, 0.15) is 16.1 Å². The maximum Gasteiger partial charge on any atom is 0.272 e. The molecule has 0 aliphatic rings. The fourth-order valence-electron chi connectivity index (χ4n) is 1.63. The fourth-order valence-corrected chi connectivity index (χ4v) is 2.04. The number of amides is 2. The molecule has 0 fully saturated rings. The molecule has 9 heteroatoms. The number of primary amides is 1. The van der Waals surface area contributed by atoms with Crippen LogP contribution < -0.4 is 20.5 Å². The van der Waals surface area contributed by atoms with Gasteiger partial charge in [0.1, 0.15) is 0 Å². The highest BCUT2D eigenvalue weighted by molar-refractivity contribution is 6.99. The molecule has 116 valence electrons. The van der Waals surface area contributed by atoms with Crippen molar-refractivity contribution in [3.8, 4) is 11.5 Å². The summed E-state index contributed by atoms with van der Waals surface area (Å²) in [6, 6.07) is 5.10. The number of nitrogens with zero attached hydrogens (tertiary/aromatic N) is 2. The third kappa shape index (κ3) is 4.16. The van der Waals surface area contributed by atoms with Gasteiger partial charge in [0.2, 0.25) is 0 Å². The lowest BCUT2D eigenvalue weighted by molar-refractivity contribution is -0.119. The molecule has 8 nitrogen and oxygen atoms in total. The van der Waals surface area contributed by atoms with Gasteiger partial charge in [0, 0.05) is 6.54 Å². The minimum absolute atomic E-state index is 0.233. The molecule has 1 aromatic heterocycles. The van der Waals surface area contributed by atoms with Crippen LogP contribution in [0.25, 0.3) is 0 Å². The van der Waals surface area contributed by atoms with Crippen molar-refractivity contribution in [2.45, 2.75) is 6.54 Å². The van der Waals surface area contributed by atoms with Crippen molar-refractivity contribution in [1.29, 1.82) is 0 Å². The quantitative estimate of drug-likeness (QED) is 0.759. The molecule has 0 aliphatic heterocycles. The Labute approximate surface area is 130 Å². The Morgan fingerprint density at radius 3 is 2.82 bits per heavy atom. The SMILES string of the molecule is COc1cc(CNC(=O)c2cnsn2)ccc1OCC(N)=O. The van der Waals surface area contributed by atoms with Gasteiger partial charge in [-0.2, -0.15) is 8.75 Å². The van der Waals surface area contributed by atoms with E-state index in [4.69, 9.17) is 15.2 Å². The maximum atomic E-state index is 11.8. The first kappa shape index (κ1) is 15.7. The van der Waals surface area contributed by atoms with Crippen molar-refractivity contribution in [2.75, 3.05) is 13.7 Å². The van der Waals surface area contributed by atoms with Crippen molar-refractivity contribution in [2.24, 2.45) is 5.73 Å². The van der Waals surface area contributed by atoms with E-state index in [1.807, 2.05) is 0 Å². The molecule has 1 heterocycles. The number of nitrogens with two attached hydrogens (primary N) is 1. The standard InChI is InChI=1S/C13H14N4O4S/c1-20-11-4-8(2-3-10(11)21-7-12(14)18)5-15-13(19)9-6-16-22-17-9/h2-4,6H,5,7H2,1H3,(H2,14,18)(H,15,19). The largest absolute Gasteiger partial charge is 0.493 e. The molecule has 3 N–H and O–H groups in total. The average Bonchev–Trinajstić information content (AvgIpc) is 3.05. The molecule has 0 saturated carbocycles. The lowest BCUT2D eigenvalue weighted by atomic mass is 10.2. The van der Waals surface area contributed by atoms with Gasteiger partial charge >= 0.3 is 0 Å². The molecular weight excluding hydrogens is 308 g/mol. The van der Waals surface area contributed by atoms with Crippen LogP contribution in [-0.4, -0.2) is 34.3 Å². The predicted molar refractivity (Wildman–Crippen MR) is 78.8 cm³/mol. The highest BCUT2D eigenvalue weighted by Crippen LogP contribution is 2.27. The summed E-state index contributed by atoms with van der Waals surface area (Å²) in [4.78, 5) is 22.5. The molecule has 0 bridgehead atoms. The van der Waals surface area contributed by atoms with Crippen LogP contribution in [0.4, 0.5) is 0 Å². The first-order valence-electron chi connectivity index (χ1n) is 6.24. The van der Waals surface area contributed by atoms with Crippen molar-refractivity contribution in [3.63, 3.8) is 0 Å². The molecule has 2 aromatic rings. The summed E-state index contributed by atoms with van der Waals surface area (Å²) in [5.41, 5.74) is 6.11. The van der Waals surface area contributed by atoms with E-state index >= 15 is 0 Å². The summed E-state index contributed by atoms with van der Waals surface area (Å²) < 4.78 is 18.0. The van der Waals surface area contributed by atoms with Gasteiger partial charge in [-0.3, -0.25) is 9.59 Å². The average molecular weight is 322 g/mol. The maximum absolute atomic E-state index is 11.8. The van der Waals surface area contributed by atoms with Crippen molar-refractivity contribution in [1.82, 2.24) is 14.1 Å². The first-order chi connectivity index (χ1) is 10.6. The second-order valence-electron chi connectivity index (χ2n) is 4.22. The zero-order valence-electron chi connectivity index (χ0n) is 11.7. The van der Waals surface area contributed by atoms with Crippen LogP contribution in [0, 0.1) is 0 Å². The summed E-state index contributed by atoms with van der Waals surface area (Å²) >= 11 is 0.970. The zero-order chi connectivity index (χ0) is 15.9. The first-order valence-corrected chi connectivity index (χ1v) is 6.97. The minimum atomic E-state index is -0.574. The third-order valence-electron chi connectivity index (χ3n) is 2.64. The summed E-state index contributed by atoms with van der Waals surface area (Å²) in [6.07, 6.45) is 1.40. The molecular formula is C13H14N4O4S. The van der Waals surface area contributed by atoms with E-state index in [9.17, 15) is 9.59 Å². The van der Waals surface area contributed by atoms with Crippen LogP contribution in [-0.2, 0) is 11.3 Å². The number of carbonyl (C=O) groups excluding carboxylic acids is 2. The monoisotopic (exact) mass is 322 g/mol. The van der Waals surface area contributed by atoms with Crippen molar-refractivity contribution < 1.29 is 19.1 Å². The van der Waals surface area contributed by atoms with E-state index in [2.05, 4.69) is 14.1 Å². The Morgan fingerprint density at radius 2 is 2.18 bits per heavy atom. The Kier molecular flexibility index (Phi) is 5.26. The van der Waals surface area contributed by atoms with Gasteiger partial charge < -0.3 is 20.5 Å². The van der Waals surface area contributed by atoms with E-state index in [0.717, 1.165) is 17.3 Å².